The van der Waals surface area contributed by atoms with E-state index in [1.54, 1.807) is 6.07 Å². The van der Waals surface area contributed by atoms with Gasteiger partial charge in [-0.05, 0) is 12.1 Å². The van der Waals surface area contributed by atoms with Crippen LogP contribution >= 0.6 is 11.6 Å². The van der Waals surface area contributed by atoms with Gasteiger partial charge in [-0.15, -0.1) is 0 Å². The third-order valence-corrected chi connectivity index (χ3v) is 2.65. The van der Waals surface area contributed by atoms with E-state index in [1.165, 1.54) is 0 Å². The maximum absolute atomic E-state index is 9.48. The van der Waals surface area contributed by atoms with E-state index in [4.69, 9.17) is 16.3 Å². The van der Waals surface area contributed by atoms with Crippen molar-refractivity contribution in [2.45, 2.75) is 6.10 Å². The molecule has 15 heavy (non-hydrogen) atoms. The summed E-state index contributed by atoms with van der Waals surface area (Å²) < 4.78 is 5.10. The molecule has 1 saturated heterocycles. The maximum atomic E-state index is 9.48. The van der Waals surface area contributed by atoms with Crippen LogP contribution in [0.3, 0.4) is 0 Å². The minimum Gasteiger partial charge on any atom is -0.389 e. The van der Waals surface area contributed by atoms with E-state index in [0.29, 0.717) is 18.2 Å². The molecule has 0 amide bonds. The molecule has 1 aromatic rings. The van der Waals surface area contributed by atoms with Gasteiger partial charge >= 0.3 is 0 Å². The fraction of sp³-hybridized carbons (Fsp3) is 0.333. The molecule has 2 rings (SSSR count). The molecule has 0 spiro atoms. The average molecular weight is 223 g/mol. The first-order valence-electron chi connectivity index (χ1n) is 4.79. The number of aliphatic hydroxyl groups excluding tert-OH is 1. The van der Waals surface area contributed by atoms with Gasteiger partial charge in [0, 0.05) is 5.56 Å². The topological polar surface area (TPSA) is 29.5 Å². The van der Waals surface area contributed by atoms with E-state index in [0.717, 1.165) is 5.56 Å². The number of hydrogen-bond donors (Lipinski definition) is 1. The first kappa shape index (κ1) is 10.5. The Hall–Kier alpha value is -1.01. The van der Waals surface area contributed by atoms with Gasteiger partial charge in [-0.3, -0.25) is 0 Å². The van der Waals surface area contributed by atoms with Crippen LogP contribution in [0.1, 0.15) is 5.56 Å². The number of benzene rings is 1. The van der Waals surface area contributed by atoms with Crippen molar-refractivity contribution in [3.63, 3.8) is 0 Å². The van der Waals surface area contributed by atoms with Crippen molar-refractivity contribution in [1.82, 2.24) is 0 Å². The highest BCUT2D eigenvalue weighted by molar-refractivity contribution is 6.31. The van der Waals surface area contributed by atoms with Gasteiger partial charge in [-0.25, -0.2) is 0 Å². The fourth-order valence-electron chi connectivity index (χ4n) is 1.41. The molecule has 3 heteroatoms. The van der Waals surface area contributed by atoms with Crippen molar-refractivity contribution in [2.24, 2.45) is 5.92 Å². The molecule has 0 saturated carbocycles. The highest BCUT2D eigenvalue weighted by Crippen LogP contribution is 2.15. The quantitative estimate of drug-likeness (QED) is 0.677. The van der Waals surface area contributed by atoms with Gasteiger partial charge in [0.25, 0.3) is 0 Å². The van der Waals surface area contributed by atoms with Crippen LogP contribution < -0.4 is 0 Å². The molecule has 0 aliphatic carbocycles. The molecule has 2 atom stereocenters. The number of hydrogen-bond acceptors (Lipinski definition) is 2. The van der Waals surface area contributed by atoms with Gasteiger partial charge in [-0.2, -0.15) is 0 Å². The average Bonchev–Trinajstić information content (AvgIpc) is 2.63. The number of ether oxygens (including phenoxy) is 1. The normalized spacial score (nSPS) is 24.7. The second kappa shape index (κ2) is 4.67. The van der Waals surface area contributed by atoms with Crippen molar-refractivity contribution in [2.75, 3.05) is 13.2 Å². The molecule has 0 aromatic heterocycles. The zero-order valence-electron chi connectivity index (χ0n) is 8.11. The second-order valence-electron chi connectivity index (χ2n) is 3.46. The molecular weight excluding hydrogens is 212 g/mol. The number of rotatable bonds is 0. The van der Waals surface area contributed by atoms with Gasteiger partial charge in [-0.1, -0.05) is 35.6 Å². The highest BCUT2D eigenvalue weighted by atomic mass is 35.5. The third-order valence-electron chi connectivity index (χ3n) is 2.32. The van der Waals surface area contributed by atoms with E-state index in [2.05, 4.69) is 11.8 Å². The van der Waals surface area contributed by atoms with E-state index >= 15 is 0 Å². The predicted molar refractivity (Wildman–Crippen MR) is 58.6 cm³/mol. The molecule has 1 aliphatic heterocycles. The summed E-state index contributed by atoms with van der Waals surface area (Å²) in [5.74, 6) is 5.85. The lowest BCUT2D eigenvalue weighted by molar-refractivity contribution is 0.123. The van der Waals surface area contributed by atoms with E-state index in [-0.39, 0.29) is 5.92 Å². The van der Waals surface area contributed by atoms with Crippen molar-refractivity contribution in [1.29, 1.82) is 0 Å². The van der Waals surface area contributed by atoms with Gasteiger partial charge in [0.15, 0.2) is 0 Å². The predicted octanol–water partition coefficient (Wildman–Crippen LogP) is 1.70. The maximum Gasteiger partial charge on any atom is 0.0933 e. The molecule has 0 bridgehead atoms. The summed E-state index contributed by atoms with van der Waals surface area (Å²) in [6.07, 6.45) is -0.472. The zero-order chi connectivity index (χ0) is 10.7. The van der Waals surface area contributed by atoms with Gasteiger partial charge < -0.3 is 9.84 Å². The second-order valence-corrected chi connectivity index (χ2v) is 3.87. The van der Waals surface area contributed by atoms with E-state index in [1.807, 2.05) is 18.2 Å². The van der Waals surface area contributed by atoms with Gasteiger partial charge in [0.05, 0.1) is 30.3 Å². The Kier molecular flexibility index (Phi) is 3.27. The van der Waals surface area contributed by atoms with Crippen LogP contribution in [0, 0.1) is 17.8 Å². The lowest BCUT2D eigenvalue weighted by Gasteiger charge is -2.02. The molecule has 0 unspecified atom stereocenters. The molecule has 1 aromatic carbocycles. The summed E-state index contributed by atoms with van der Waals surface area (Å²) in [6.45, 7) is 0.875. The molecular formula is C12H11ClO2. The Morgan fingerprint density at radius 2 is 2.13 bits per heavy atom. The summed E-state index contributed by atoms with van der Waals surface area (Å²) in [7, 11) is 0. The zero-order valence-corrected chi connectivity index (χ0v) is 8.87. The van der Waals surface area contributed by atoms with Crippen LogP contribution in [0.15, 0.2) is 24.3 Å². The van der Waals surface area contributed by atoms with Gasteiger partial charge in [0.2, 0.25) is 0 Å². The third kappa shape index (κ3) is 2.51. The molecule has 78 valence electrons. The first-order chi connectivity index (χ1) is 7.27. The van der Waals surface area contributed by atoms with E-state index in [9.17, 15) is 5.11 Å². The SMILES string of the molecule is O[C@@H]1COC[C@H]1C#Cc1ccccc1Cl. The summed E-state index contributed by atoms with van der Waals surface area (Å²) >= 11 is 5.95. The van der Waals surface area contributed by atoms with Crippen LogP contribution in [0.25, 0.3) is 0 Å². The first-order valence-corrected chi connectivity index (χ1v) is 5.17. The lowest BCUT2D eigenvalue weighted by atomic mass is 10.1. The van der Waals surface area contributed by atoms with Crippen LogP contribution in [0.5, 0.6) is 0 Å². The smallest absolute Gasteiger partial charge is 0.0933 e. The Bertz CT molecular complexity index is 406. The summed E-state index contributed by atoms with van der Waals surface area (Å²) in [6, 6.07) is 7.41. The Labute approximate surface area is 93.8 Å². The summed E-state index contributed by atoms with van der Waals surface area (Å²) in [4.78, 5) is 0. The highest BCUT2D eigenvalue weighted by Gasteiger charge is 2.23. The Morgan fingerprint density at radius 1 is 1.33 bits per heavy atom. The van der Waals surface area contributed by atoms with Crippen LogP contribution in [-0.2, 0) is 4.74 Å². The Morgan fingerprint density at radius 3 is 2.80 bits per heavy atom. The molecule has 1 N–H and O–H groups in total. The van der Waals surface area contributed by atoms with Crippen molar-refractivity contribution < 1.29 is 9.84 Å². The molecule has 0 radical (unpaired) electrons. The number of halogens is 1. The van der Waals surface area contributed by atoms with Crippen LogP contribution in [0.4, 0.5) is 0 Å². The van der Waals surface area contributed by atoms with Crippen molar-refractivity contribution in [3.8, 4) is 11.8 Å². The Balaban J connectivity index is 2.14. The summed E-state index contributed by atoms with van der Waals surface area (Å²) in [5.41, 5.74) is 0.790. The minimum atomic E-state index is -0.472. The molecule has 2 nitrogen and oxygen atoms in total. The molecule has 1 aliphatic rings. The number of aliphatic hydroxyl groups is 1. The van der Waals surface area contributed by atoms with Crippen LogP contribution in [-0.4, -0.2) is 24.4 Å². The van der Waals surface area contributed by atoms with Crippen molar-refractivity contribution in [3.05, 3.63) is 34.9 Å². The van der Waals surface area contributed by atoms with Crippen molar-refractivity contribution >= 4 is 11.6 Å². The fourth-order valence-corrected chi connectivity index (χ4v) is 1.60. The van der Waals surface area contributed by atoms with E-state index < -0.39 is 6.10 Å². The van der Waals surface area contributed by atoms with Crippen LogP contribution in [0.2, 0.25) is 5.02 Å². The largest absolute Gasteiger partial charge is 0.389 e. The summed E-state index contributed by atoms with van der Waals surface area (Å²) in [5, 5.41) is 10.1. The van der Waals surface area contributed by atoms with Gasteiger partial charge in [0.1, 0.15) is 0 Å². The minimum absolute atomic E-state index is 0.0960. The molecule has 1 heterocycles. The monoisotopic (exact) mass is 222 g/mol. The lowest BCUT2D eigenvalue weighted by Crippen LogP contribution is -2.15. The molecule has 1 fully saturated rings. The standard InChI is InChI=1S/C12H11ClO2/c13-11-4-2-1-3-9(11)5-6-10-7-15-8-12(10)14/h1-4,10,12,14H,7-8H2/t10-,12-/m1/s1.